The summed E-state index contributed by atoms with van der Waals surface area (Å²) in [4.78, 5) is 25.4. The molecule has 0 unspecified atom stereocenters. The molecular weight excluding hydrogens is 308 g/mol. The lowest BCUT2D eigenvalue weighted by Gasteiger charge is -2.27. The summed E-state index contributed by atoms with van der Waals surface area (Å²) < 4.78 is 5.06. The van der Waals surface area contributed by atoms with Gasteiger partial charge in [-0.1, -0.05) is 12.1 Å². The van der Waals surface area contributed by atoms with E-state index in [9.17, 15) is 4.79 Å². The van der Waals surface area contributed by atoms with Crippen LogP contribution in [0, 0.1) is 0 Å². The molecule has 1 saturated heterocycles. The van der Waals surface area contributed by atoms with Crippen LogP contribution in [-0.2, 0) is 13.0 Å². The molecule has 0 aromatic carbocycles. The van der Waals surface area contributed by atoms with E-state index in [1.807, 2.05) is 13.0 Å². The predicted molar refractivity (Wildman–Crippen MR) is 87.7 cm³/mol. The highest BCUT2D eigenvalue weighted by atomic mass is 16.5. The normalized spacial score (nSPS) is 19.6. The largest absolute Gasteiger partial charge is 0.365 e. The zero-order chi connectivity index (χ0) is 16.5. The van der Waals surface area contributed by atoms with Crippen molar-refractivity contribution in [2.45, 2.75) is 38.8 Å². The average molecular weight is 328 g/mol. The van der Waals surface area contributed by atoms with Crippen LogP contribution in [0.5, 0.6) is 0 Å². The Morgan fingerprint density at radius 1 is 1.50 bits per heavy atom. The number of amides is 2. The van der Waals surface area contributed by atoms with Crippen molar-refractivity contribution in [3.8, 4) is 0 Å². The van der Waals surface area contributed by atoms with Crippen LogP contribution < -0.4 is 10.2 Å². The number of anilines is 2. The highest BCUT2D eigenvalue weighted by Crippen LogP contribution is 2.32. The lowest BCUT2D eigenvalue weighted by Crippen LogP contribution is -2.42. The van der Waals surface area contributed by atoms with Gasteiger partial charge in [0.05, 0.1) is 17.9 Å². The number of pyridine rings is 1. The van der Waals surface area contributed by atoms with E-state index in [1.165, 1.54) is 0 Å². The Bertz CT molecular complexity index is 746. The third kappa shape index (κ3) is 2.68. The minimum atomic E-state index is -0.230. The van der Waals surface area contributed by atoms with Gasteiger partial charge in [0, 0.05) is 31.7 Å². The Morgan fingerprint density at radius 2 is 2.42 bits per heavy atom. The topological polar surface area (TPSA) is 87.4 Å². The Hall–Kier alpha value is -2.64. The summed E-state index contributed by atoms with van der Waals surface area (Å²) in [5.74, 6) is 0.579. The van der Waals surface area contributed by atoms with E-state index in [0.717, 1.165) is 30.8 Å². The van der Waals surface area contributed by atoms with Crippen molar-refractivity contribution < 1.29 is 9.32 Å². The van der Waals surface area contributed by atoms with Gasteiger partial charge in [-0.2, -0.15) is 4.98 Å². The number of aromatic nitrogens is 3. The molecule has 0 radical (unpaired) electrons. The van der Waals surface area contributed by atoms with Crippen molar-refractivity contribution >= 4 is 17.7 Å². The Labute approximate surface area is 139 Å². The number of hydrogen-bond acceptors (Lipinski definition) is 6. The lowest BCUT2D eigenvalue weighted by molar-refractivity contribution is 0.205. The average Bonchev–Trinajstić information content (AvgIpc) is 3.21. The van der Waals surface area contributed by atoms with Crippen LogP contribution in [0.2, 0.25) is 0 Å². The van der Waals surface area contributed by atoms with Crippen LogP contribution in [0.1, 0.15) is 31.3 Å². The Balaban J connectivity index is 1.56. The Kier molecular flexibility index (Phi) is 3.79. The number of fused-ring (bicyclic) bond motifs is 3. The molecule has 24 heavy (non-hydrogen) atoms. The van der Waals surface area contributed by atoms with Crippen LogP contribution in [0.4, 0.5) is 16.5 Å². The highest BCUT2D eigenvalue weighted by Gasteiger charge is 2.34. The molecule has 2 aromatic rings. The van der Waals surface area contributed by atoms with Crippen molar-refractivity contribution in [2.24, 2.45) is 0 Å². The molecule has 4 rings (SSSR count). The van der Waals surface area contributed by atoms with E-state index in [4.69, 9.17) is 4.52 Å². The van der Waals surface area contributed by atoms with Crippen molar-refractivity contribution in [1.29, 1.82) is 0 Å². The van der Waals surface area contributed by atoms with Crippen molar-refractivity contribution in [3.05, 3.63) is 29.8 Å². The summed E-state index contributed by atoms with van der Waals surface area (Å²) >= 11 is 0. The molecule has 2 aromatic heterocycles. The number of urea groups is 1. The predicted octanol–water partition coefficient (Wildman–Crippen LogP) is 2.04. The van der Waals surface area contributed by atoms with Gasteiger partial charge in [-0.3, -0.25) is 10.3 Å². The smallest absolute Gasteiger partial charge is 0.329 e. The standard InChI is InChI=1S/C16H20N6O2/c1-2-14-18-15(24-20-14)19-16(23)21-9-11-5-4-8-22(11)13-6-3-7-17-12(13)10-21/h3,6-7,11H,2,4-5,8-10H2,1H3,(H,18,19,20,23)/t11-/m0/s1. The molecule has 8 heteroatoms. The monoisotopic (exact) mass is 328 g/mol. The van der Waals surface area contributed by atoms with Crippen molar-refractivity contribution in [2.75, 3.05) is 23.3 Å². The van der Waals surface area contributed by atoms with Gasteiger partial charge in [-0.05, 0) is 25.0 Å². The van der Waals surface area contributed by atoms with E-state index < -0.39 is 0 Å². The number of nitrogens with zero attached hydrogens (tertiary/aromatic N) is 5. The first-order chi connectivity index (χ1) is 11.7. The molecule has 4 heterocycles. The lowest BCUT2D eigenvalue weighted by atomic mass is 10.2. The molecule has 126 valence electrons. The zero-order valence-electron chi connectivity index (χ0n) is 13.6. The molecule has 0 bridgehead atoms. The third-order valence-electron chi connectivity index (χ3n) is 4.61. The summed E-state index contributed by atoms with van der Waals surface area (Å²) in [5, 5.41) is 6.51. The summed E-state index contributed by atoms with van der Waals surface area (Å²) in [6.07, 6.45) is 4.66. The SMILES string of the molecule is CCc1noc(NC(=O)N2Cc3ncccc3N3CCC[C@H]3C2)n1. The van der Waals surface area contributed by atoms with Gasteiger partial charge in [0.15, 0.2) is 5.82 Å². The molecule has 0 aliphatic carbocycles. The first-order valence-corrected chi connectivity index (χ1v) is 8.33. The first-order valence-electron chi connectivity index (χ1n) is 8.33. The third-order valence-corrected chi connectivity index (χ3v) is 4.61. The van der Waals surface area contributed by atoms with Crippen LogP contribution in [0.25, 0.3) is 0 Å². The Morgan fingerprint density at radius 3 is 3.25 bits per heavy atom. The van der Waals surface area contributed by atoms with E-state index in [2.05, 4.69) is 31.4 Å². The number of nitrogens with one attached hydrogen (secondary N) is 1. The first kappa shape index (κ1) is 14.9. The molecular formula is C16H20N6O2. The molecule has 1 fully saturated rings. The quantitative estimate of drug-likeness (QED) is 0.908. The van der Waals surface area contributed by atoms with Crippen LogP contribution in [0.15, 0.2) is 22.9 Å². The number of aryl methyl sites for hydroxylation is 1. The summed E-state index contributed by atoms with van der Waals surface area (Å²) in [6, 6.07) is 4.29. The zero-order valence-corrected chi connectivity index (χ0v) is 13.6. The van der Waals surface area contributed by atoms with Gasteiger partial charge in [0.2, 0.25) is 0 Å². The van der Waals surface area contributed by atoms with E-state index in [1.54, 1.807) is 11.1 Å². The molecule has 0 saturated carbocycles. The molecule has 8 nitrogen and oxygen atoms in total. The number of carbonyl (C=O) groups is 1. The highest BCUT2D eigenvalue weighted by molar-refractivity contribution is 5.87. The van der Waals surface area contributed by atoms with Gasteiger partial charge in [-0.25, -0.2) is 4.79 Å². The van der Waals surface area contributed by atoms with Crippen LogP contribution >= 0.6 is 0 Å². The molecule has 1 atom stereocenters. The maximum absolute atomic E-state index is 12.7. The van der Waals surface area contributed by atoms with Crippen molar-refractivity contribution in [1.82, 2.24) is 20.0 Å². The summed E-state index contributed by atoms with van der Waals surface area (Å²) in [7, 11) is 0. The summed E-state index contributed by atoms with van der Waals surface area (Å²) in [6.45, 7) is 4.09. The van der Waals surface area contributed by atoms with Crippen LogP contribution in [-0.4, -0.2) is 45.2 Å². The maximum Gasteiger partial charge on any atom is 0.329 e. The summed E-state index contributed by atoms with van der Waals surface area (Å²) in [5.41, 5.74) is 2.07. The maximum atomic E-state index is 12.7. The molecule has 1 N–H and O–H groups in total. The minimum absolute atomic E-state index is 0.144. The second kappa shape index (κ2) is 6.10. The fourth-order valence-corrected chi connectivity index (χ4v) is 3.43. The van der Waals surface area contributed by atoms with Gasteiger partial charge in [0.1, 0.15) is 0 Å². The van der Waals surface area contributed by atoms with Gasteiger partial charge in [-0.15, -0.1) is 0 Å². The van der Waals surface area contributed by atoms with E-state index in [-0.39, 0.29) is 12.0 Å². The van der Waals surface area contributed by atoms with Crippen LogP contribution in [0.3, 0.4) is 0 Å². The fraction of sp³-hybridized carbons (Fsp3) is 0.500. The number of hydrogen-bond donors (Lipinski definition) is 1. The minimum Gasteiger partial charge on any atom is -0.365 e. The molecule has 2 aliphatic heterocycles. The number of carbonyl (C=O) groups excluding carboxylic acids is 1. The number of rotatable bonds is 2. The fourth-order valence-electron chi connectivity index (χ4n) is 3.43. The second-order valence-corrected chi connectivity index (χ2v) is 6.14. The van der Waals surface area contributed by atoms with E-state index >= 15 is 0 Å². The molecule has 2 aliphatic rings. The van der Waals surface area contributed by atoms with Crippen molar-refractivity contribution in [3.63, 3.8) is 0 Å². The van der Waals surface area contributed by atoms with E-state index in [0.29, 0.717) is 31.4 Å². The molecule has 2 amide bonds. The molecule has 0 spiro atoms. The van der Waals surface area contributed by atoms with Gasteiger partial charge < -0.3 is 14.3 Å². The van der Waals surface area contributed by atoms with Gasteiger partial charge >= 0.3 is 12.0 Å². The second-order valence-electron chi connectivity index (χ2n) is 6.14. The van der Waals surface area contributed by atoms with Gasteiger partial charge in [0.25, 0.3) is 0 Å².